The summed E-state index contributed by atoms with van der Waals surface area (Å²) >= 11 is 2.19. The Morgan fingerprint density at radius 1 is 0.846 bits per heavy atom. The van der Waals surface area contributed by atoms with Crippen LogP contribution in [-0.4, -0.2) is 9.16 Å². The van der Waals surface area contributed by atoms with E-state index in [0.717, 1.165) is 21.0 Å². The smallest absolute Gasteiger partial charge is 0.0620 e. The molecule has 1 fully saturated rings. The summed E-state index contributed by atoms with van der Waals surface area (Å²) in [5.74, 6) is 1.70. The molecule has 1 heterocycles. The molecule has 0 N–H and O–H groups in total. The summed E-state index contributed by atoms with van der Waals surface area (Å²) in [6.45, 7) is 9.28. The van der Waals surface area contributed by atoms with Crippen LogP contribution in [0.5, 0.6) is 0 Å². The largest absolute Gasteiger partial charge is 0.131 e. The van der Waals surface area contributed by atoms with Crippen LogP contribution in [0, 0.1) is 11.8 Å². The lowest BCUT2D eigenvalue weighted by Gasteiger charge is -2.12. The van der Waals surface area contributed by atoms with Crippen LogP contribution < -0.4 is 0 Å². The molecule has 0 aromatic rings. The topological polar surface area (TPSA) is 0 Å². The van der Waals surface area contributed by atoms with Gasteiger partial charge in [0.25, 0.3) is 0 Å². The molecule has 1 saturated heterocycles. The maximum Gasteiger partial charge on any atom is 0.0620 e. The summed E-state index contributed by atoms with van der Waals surface area (Å²) in [5.41, 5.74) is 0. The Hall–Kier alpha value is 1.05. The van der Waals surface area contributed by atoms with Crippen molar-refractivity contribution in [2.45, 2.75) is 49.7 Å². The monoisotopic (exact) mass is 236 g/mol. The molecule has 0 amide bonds. The molecule has 0 aliphatic carbocycles. The molecule has 0 bridgehead atoms. The van der Waals surface area contributed by atoms with Gasteiger partial charge in [0.05, 0.1) is 9.16 Å². The van der Waals surface area contributed by atoms with Gasteiger partial charge in [0.1, 0.15) is 0 Å². The molecule has 0 radical (unpaired) electrons. The normalized spacial score (nSPS) is 29.1. The third-order valence-corrected chi connectivity index (χ3v) is 7.52. The van der Waals surface area contributed by atoms with Crippen molar-refractivity contribution in [2.75, 3.05) is 0 Å². The second-order valence-corrected chi connectivity index (χ2v) is 9.13. The van der Waals surface area contributed by atoms with Crippen molar-refractivity contribution in [1.29, 1.82) is 0 Å². The van der Waals surface area contributed by atoms with Crippen molar-refractivity contribution < 1.29 is 0 Å². The molecule has 0 unspecified atom stereocenters. The number of thioether (sulfide) groups is 1. The summed E-state index contributed by atoms with van der Waals surface area (Å²) in [5, 5.41) is 0. The quantitative estimate of drug-likeness (QED) is 0.640. The SMILES string of the molecule is CC(C)C[C@H]1SS[C@H](CC(C)C)S1. The first-order valence-corrected chi connectivity index (χ1v) is 8.27. The highest BCUT2D eigenvalue weighted by molar-refractivity contribution is 8.82. The third-order valence-electron chi connectivity index (χ3n) is 1.90. The van der Waals surface area contributed by atoms with Gasteiger partial charge >= 0.3 is 0 Å². The highest BCUT2D eigenvalue weighted by Gasteiger charge is 2.27. The molecule has 3 heteroatoms. The Morgan fingerprint density at radius 2 is 1.23 bits per heavy atom. The van der Waals surface area contributed by atoms with Gasteiger partial charge in [-0.1, -0.05) is 49.3 Å². The summed E-state index contributed by atoms with van der Waals surface area (Å²) < 4.78 is 1.71. The van der Waals surface area contributed by atoms with E-state index in [9.17, 15) is 0 Å². The van der Waals surface area contributed by atoms with Crippen LogP contribution in [0.4, 0.5) is 0 Å². The predicted molar refractivity (Wildman–Crippen MR) is 69.3 cm³/mol. The predicted octanol–water partition coefficient (Wildman–Crippen LogP) is 4.86. The maximum absolute atomic E-state index is 2.32. The van der Waals surface area contributed by atoms with Crippen LogP contribution in [-0.2, 0) is 0 Å². The van der Waals surface area contributed by atoms with Gasteiger partial charge in [-0.15, -0.1) is 11.8 Å². The van der Waals surface area contributed by atoms with Crippen molar-refractivity contribution >= 4 is 33.3 Å². The first-order chi connectivity index (χ1) is 6.08. The molecule has 1 aliphatic heterocycles. The lowest BCUT2D eigenvalue weighted by atomic mass is 10.2. The Bertz CT molecular complexity index is 129. The lowest BCUT2D eigenvalue weighted by molar-refractivity contribution is 0.612. The molecular weight excluding hydrogens is 216 g/mol. The first-order valence-electron chi connectivity index (χ1n) is 5.05. The van der Waals surface area contributed by atoms with E-state index in [1.54, 1.807) is 0 Å². The Kier molecular flexibility index (Phi) is 5.42. The Labute approximate surface area is 94.8 Å². The van der Waals surface area contributed by atoms with Crippen LogP contribution in [0.2, 0.25) is 0 Å². The van der Waals surface area contributed by atoms with E-state index in [-0.39, 0.29) is 0 Å². The van der Waals surface area contributed by atoms with Gasteiger partial charge in [-0.05, 0) is 24.7 Å². The molecule has 0 nitrogen and oxygen atoms in total. The zero-order valence-corrected chi connectivity index (χ0v) is 11.4. The standard InChI is InChI=1S/C10H20S3/c1-7(2)5-9-11-10(13-12-9)6-8(3)4/h7-10H,5-6H2,1-4H3/t9-,10-/m1/s1. The van der Waals surface area contributed by atoms with Gasteiger partial charge in [-0.25, -0.2) is 0 Å². The minimum absolute atomic E-state index is 0.850. The first kappa shape index (κ1) is 12.1. The van der Waals surface area contributed by atoms with Gasteiger partial charge in [-0.2, -0.15) is 0 Å². The van der Waals surface area contributed by atoms with Crippen LogP contribution in [0.15, 0.2) is 0 Å². The second-order valence-electron chi connectivity index (χ2n) is 4.45. The van der Waals surface area contributed by atoms with E-state index in [1.807, 2.05) is 0 Å². The highest BCUT2D eigenvalue weighted by atomic mass is 33.1. The molecule has 78 valence electrons. The number of hydrogen-bond acceptors (Lipinski definition) is 3. The molecular formula is C10H20S3. The van der Waals surface area contributed by atoms with E-state index >= 15 is 0 Å². The highest BCUT2D eigenvalue weighted by Crippen LogP contribution is 2.54. The van der Waals surface area contributed by atoms with Crippen LogP contribution in [0.1, 0.15) is 40.5 Å². The maximum atomic E-state index is 2.32. The molecule has 0 aromatic carbocycles. The average molecular weight is 236 g/mol. The van der Waals surface area contributed by atoms with Gasteiger partial charge in [0.15, 0.2) is 0 Å². The summed E-state index contributed by atoms with van der Waals surface area (Å²) in [7, 11) is 4.20. The molecule has 2 atom stereocenters. The molecule has 1 rings (SSSR count). The molecule has 1 aliphatic rings. The van der Waals surface area contributed by atoms with Crippen molar-refractivity contribution in [3.63, 3.8) is 0 Å². The lowest BCUT2D eigenvalue weighted by Crippen LogP contribution is -2.02. The molecule has 0 aromatic heterocycles. The summed E-state index contributed by atoms with van der Waals surface area (Å²) in [4.78, 5) is 0. The minimum atomic E-state index is 0.850. The fourth-order valence-corrected chi connectivity index (χ4v) is 8.03. The van der Waals surface area contributed by atoms with Crippen LogP contribution in [0.3, 0.4) is 0 Å². The van der Waals surface area contributed by atoms with Crippen molar-refractivity contribution in [2.24, 2.45) is 11.8 Å². The fraction of sp³-hybridized carbons (Fsp3) is 1.00. The van der Waals surface area contributed by atoms with Gasteiger partial charge < -0.3 is 0 Å². The van der Waals surface area contributed by atoms with Crippen molar-refractivity contribution in [1.82, 2.24) is 0 Å². The zero-order chi connectivity index (χ0) is 9.84. The molecule has 0 saturated carbocycles. The van der Waals surface area contributed by atoms with Gasteiger partial charge in [0.2, 0.25) is 0 Å². The van der Waals surface area contributed by atoms with E-state index in [4.69, 9.17) is 0 Å². The van der Waals surface area contributed by atoms with Gasteiger partial charge in [-0.3, -0.25) is 0 Å². The van der Waals surface area contributed by atoms with E-state index in [1.165, 1.54) is 12.8 Å². The number of hydrogen-bond donors (Lipinski definition) is 0. The summed E-state index contributed by atoms with van der Waals surface area (Å²) in [6, 6.07) is 0. The van der Waals surface area contributed by atoms with Crippen LogP contribution in [0.25, 0.3) is 0 Å². The molecule has 0 spiro atoms. The zero-order valence-electron chi connectivity index (χ0n) is 8.95. The second kappa shape index (κ2) is 5.82. The summed E-state index contributed by atoms with van der Waals surface area (Å²) in [6.07, 6.45) is 2.74. The van der Waals surface area contributed by atoms with Crippen molar-refractivity contribution in [3.8, 4) is 0 Å². The van der Waals surface area contributed by atoms with Crippen LogP contribution >= 0.6 is 33.3 Å². The third kappa shape index (κ3) is 4.89. The molecule has 13 heavy (non-hydrogen) atoms. The van der Waals surface area contributed by atoms with E-state index in [0.29, 0.717) is 0 Å². The average Bonchev–Trinajstić information content (AvgIpc) is 2.33. The number of rotatable bonds is 4. The van der Waals surface area contributed by atoms with E-state index < -0.39 is 0 Å². The van der Waals surface area contributed by atoms with Gasteiger partial charge in [0, 0.05) is 0 Å². The Balaban J connectivity index is 2.20. The minimum Gasteiger partial charge on any atom is -0.131 e. The van der Waals surface area contributed by atoms with Crippen molar-refractivity contribution in [3.05, 3.63) is 0 Å². The fourth-order valence-electron chi connectivity index (χ4n) is 1.30. The Morgan fingerprint density at radius 3 is 1.54 bits per heavy atom. The van der Waals surface area contributed by atoms with E-state index in [2.05, 4.69) is 61.0 Å².